The van der Waals surface area contributed by atoms with Gasteiger partial charge in [0.1, 0.15) is 11.6 Å². The summed E-state index contributed by atoms with van der Waals surface area (Å²) in [4.78, 5) is 0. The lowest BCUT2D eigenvalue weighted by Gasteiger charge is -2.26. The summed E-state index contributed by atoms with van der Waals surface area (Å²) < 4.78 is 19.6. The molecule has 0 fully saturated rings. The molecule has 0 radical (unpaired) electrons. The van der Waals surface area contributed by atoms with Gasteiger partial charge in [-0.05, 0) is 61.2 Å². The molecule has 2 aromatic carbocycles. The molecule has 0 saturated heterocycles. The third-order valence-corrected chi connectivity index (χ3v) is 3.83. The summed E-state index contributed by atoms with van der Waals surface area (Å²) in [5.74, 6) is 0.581. The maximum atomic E-state index is 13.3. The Balaban J connectivity index is 2.19. The van der Waals surface area contributed by atoms with Gasteiger partial charge >= 0.3 is 0 Å². The monoisotopic (exact) mass is 351 g/mol. The van der Waals surface area contributed by atoms with Crippen molar-refractivity contribution in [2.24, 2.45) is 5.73 Å². The molecule has 1 atom stereocenters. The van der Waals surface area contributed by atoms with E-state index in [9.17, 15) is 4.39 Å². The minimum absolute atomic E-state index is 0.233. The highest BCUT2D eigenvalue weighted by atomic mass is 79.9. The van der Waals surface area contributed by atoms with Gasteiger partial charge in [0.25, 0.3) is 0 Å². The number of rotatable bonds is 5. The molecule has 0 aromatic heterocycles. The van der Waals surface area contributed by atoms with E-state index in [1.807, 2.05) is 31.2 Å². The number of halogens is 2. The molecule has 2 nitrogen and oxygen atoms in total. The van der Waals surface area contributed by atoms with Crippen molar-refractivity contribution in [2.75, 3.05) is 7.11 Å². The molecule has 0 heterocycles. The fourth-order valence-electron chi connectivity index (χ4n) is 2.50. The maximum Gasteiger partial charge on any atom is 0.123 e. The lowest BCUT2D eigenvalue weighted by Crippen LogP contribution is -2.41. The summed E-state index contributed by atoms with van der Waals surface area (Å²) >= 11 is 3.46. The van der Waals surface area contributed by atoms with E-state index in [0.29, 0.717) is 12.8 Å². The van der Waals surface area contributed by atoms with Gasteiger partial charge in [0.15, 0.2) is 0 Å². The Labute approximate surface area is 133 Å². The Hall–Kier alpha value is -1.39. The third-order valence-electron chi connectivity index (χ3n) is 3.33. The molecule has 0 saturated carbocycles. The first kappa shape index (κ1) is 16.0. The number of benzene rings is 2. The van der Waals surface area contributed by atoms with E-state index in [1.54, 1.807) is 13.2 Å². The number of hydrogen-bond donors (Lipinski definition) is 1. The van der Waals surface area contributed by atoms with Crippen LogP contribution in [0.4, 0.5) is 4.39 Å². The summed E-state index contributed by atoms with van der Waals surface area (Å²) in [5.41, 5.74) is 7.86. The molecule has 1 unspecified atom stereocenters. The zero-order valence-corrected chi connectivity index (χ0v) is 13.8. The summed E-state index contributed by atoms with van der Waals surface area (Å²) in [7, 11) is 1.65. The van der Waals surface area contributed by atoms with Gasteiger partial charge in [-0.2, -0.15) is 0 Å². The molecular weight excluding hydrogens is 333 g/mol. The van der Waals surface area contributed by atoms with Crippen molar-refractivity contribution in [1.82, 2.24) is 0 Å². The van der Waals surface area contributed by atoms with Gasteiger partial charge in [0, 0.05) is 10.0 Å². The average molecular weight is 352 g/mol. The van der Waals surface area contributed by atoms with Crippen molar-refractivity contribution in [3.8, 4) is 5.75 Å². The van der Waals surface area contributed by atoms with E-state index in [4.69, 9.17) is 10.5 Å². The lowest BCUT2D eigenvalue weighted by atomic mass is 9.87. The molecule has 0 aliphatic heterocycles. The lowest BCUT2D eigenvalue weighted by molar-refractivity contribution is 0.396. The second kappa shape index (κ2) is 6.58. The SMILES string of the molecule is COc1ccc(Br)cc1CC(C)(N)Cc1cccc(F)c1. The van der Waals surface area contributed by atoms with E-state index in [2.05, 4.69) is 15.9 Å². The van der Waals surface area contributed by atoms with Crippen LogP contribution in [0.3, 0.4) is 0 Å². The summed E-state index contributed by atoms with van der Waals surface area (Å²) in [6, 6.07) is 12.4. The minimum Gasteiger partial charge on any atom is -0.496 e. The Bertz CT molecular complexity index is 628. The number of ether oxygens (including phenoxy) is 1. The van der Waals surface area contributed by atoms with Crippen LogP contribution in [0.5, 0.6) is 5.75 Å². The zero-order chi connectivity index (χ0) is 15.5. The Kier molecular flexibility index (Phi) is 5.01. The van der Waals surface area contributed by atoms with Crippen LogP contribution in [0.15, 0.2) is 46.9 Å². The second-order valence-electron chi connectivity index (χ2n) is 5.59. The highest BCUT2D eigenvalue weighted by Gasteiger charge is 2.22. The Morgan fingerprint density at radius 3 is 2.62 bits per heavy atom. The molecule has 21 heavy (non-hydrogen) atoms. The van der Waals surface area contributed by atoms with Crippen molar-refractivity contribution in [3.05, 3.63) is 63.9 Å². The first-order valence-corrected chi connectivity index (χ1v) is 7.55. The van der Waals surface area contributed by atoms with Crippen molar-refractivity contribution in [1.29, 1.82) is 0 Å². The maximum absolute atomic E-state index is 13.3. The largest absolute Gasteiger partial charge is 0.496 e. The van der Waals surface area contributed by atoms with Crippen LogP contribution in [0.2, 0.25) is 0 Å². The topological polar surface area (TPSA) is 35.2 Å². The molecule has 112 valence electrons. The second-order valence-corrected chi connectivity index (χ2v) is 6.51. The summed E-state index contributed by atoms with van der Waals surface area (Å²) in [6.45, 7) is 1.97. The van der Waals surface area contributed by atoms with Crippen molar-refractivity contribution < 1.29 is 9.13 Å². The third kappa shape index (κ3) is 4.55. The van der Waals surface area contributed by atoms with Crippen LogP contribution >= 0.6 is 15.9 Å². The average Bonchev–Trinajstić information content (AvgIpc) is 2.37. The summed E-state index contributed by atoms with van der Waals surface area (Å²) in [6.07, 6.45) is 1.24. The van der Waals surface area contributed by atoms with Gasteiger partial charge in [-0.25, -0.2) is 4.39 Å². The van der Waals surface area contributed by atoms with E-state index >= 15 is 0 Å². The number of nitrogens with two attached hydrogens (primary N) is 1. The molecule has 2 aromatic rings. The highest BCUT2D eigenvalue weighted by molar-refractivity contribution is 9.10. The Morgan fingerprint density at radius 2 is 1.95 bits per heavy atom. The van der Waals surface area contributed by atoms with Gasteiger partial charge in [0.05, 0.1) is 7.11 Å². The van der Waals surface area contributed by atoms with Gasteiger partial charge < -0.3 is 10.5 Å². The smallest absolute Gasteiger partial charge is 0.123 e. The van der Waals surface area contributed by atoms with E-state index in [-0.39, 0.29) is 5.82 Å². The molecule has 2 N–H and O–H groups in total. The fraction of sp³-hybridized carbons (Fsp3) is 0.294. The molecular formula is C17H19BrFNO. The molecule has 4 heteroatoms. The van der Waals surface area contributed by atoms with Crippen LogP contribution in [0, 0.1) is 5.82 Å². The standard InChI is InChI=1S/C17H19BrFNO/c1-17(20,10-12-4-3-5-15(19)8-12)11-13-9-14(18)6-7-16(13)21-2/h3-9H,10-11,20H2,1-2H3. The summed E-state index contributed by atoms with van der Waals surface area (Å²) in [5, 5.41) is 0. The molecule has 0 spiro atoms. The van der Waals surface area contributed by atoms with Crippen LogP contribution in [-0.2, 0) is 12.8 Å². The van der Waals surface area contributed by atoms with Crippen LogP contribution in [0.25, 0.3) is 0 Å². The highest BCUT2D eigenvalue weighted by Crippen LogP contribution is 2.27. The Morgan fingerprint density at radius 1 is 1.19 bits per heavy atom. The van der Waals surface area contributed by atoms with E-state index < -0.39 is 5.54 Å². The number of hydrogen-bond acceptors (Lipinski definition) is 2. The molecule has 0 aliphatic rings. The molecule has 0 bridgehead atoms. The minimum atomic E-state index is -0.484. The van der Waals surface area contributed by atoms with Crippen molar-refractivity contribution >= 4 is 15.9 Å². The molecule has 2 rings (SSSR count). The van der Waals surface area contributed by atoms with Gasteiger partial charge in [-0.15, -0.1) is 0 Å². The van der Waals surface area contributed by atoms with Crippen LogP contribution in [0.1, 0.15) is 18.1 Å². The van der Waals surface area contributed by atoms with Crippen molar-refractivity contribution in [2.45, 2.75) is 25.3 Å². The first-order chi connectivity index (χ1) is 9.89. The number of methoxy groups -OCH3 is 1. The van der Waals surface area contributed by atoms with Gasteiger partial charge in [-0.3, -0.25) is 0 Å². The van der Waals surface area contributed by atoms with E-state index in [1.165, 1.54) is 12.1 Å². The predicted octanol–water partition coefficient (Wildman–Crippen LogP) is 4.10. The quantitative estimate of drug-likeness (QED) is 0.879. The molecule has 0 aliphatic carbocycles. The normalized spacial score (nSPS) is 13.8. The van der Waals surface area contributed by atoms with Crippen LogP contribution in [-0.4, -0.2) is 12.6 Å². The van der Waals surface area contributed by atoms with E-state index in [0.717, 1.165) is 21.3 Å². The van der Waals surface area contributed by atoms with Gasteiger partial charge in [-0.1, -0.05) is 28.1 Å². The zero-order valence-electron chi connectivity index (χ0n) is 12.2. The first-order valence-electron chi connectivity index (χ1n) is 6.75. The fourth-order valence-corrected chi connectivity index (χ4v) is 2.90. The predicted molar refractivity (Wildman–Crippen MR) is 87.1 cm³/mol. The molecule has 0 amide bonds. The van der Waals surface area contributed by atoms with Gasteiger partial charge in [0.2, 0.25) is 0 Å². The van der Waals surface area contributed by atoms with Crippen molar-refractivity contribution in [3.63, 3.8) is 0 Å². The van der Waals surface area contributed by atoms with Crippen LogP contribution < -0.4 is 10.5 Å².